The van der Waals surface area contributed by atoms with Crippen LogP contribution in [0.3, 0.4) is 0 Å². The van der Waals surface area contributed by atoms with E-state index in [-0.39, 0.29) is 5.78 Å². The summed E-state index contributed by atoms with van der Waals surface area (Å²) in [5, 5.41) is 0. The molecule has 0 bridgehead atoms. The second-order valence-electron chi connectivity index (χ2n) is 5.13. The quantitative estimate of drug-likeness (QED) is 0.738. The summed E-state index contributed by atoms with van der Waals surface area (Å²) >= 11 is 0. The predicted molar refractivity (Wildman–Crippen MR) is 61.4 cm³/mol. The van der Waals surface area contributed by atoms with Gasteiger partial charge in [0, 0.05) is 19.6 Å². The smallest absolute Gasteiger partial charge is 0.164 e. The minimum atomic E-state index is -0.503. The number of rotatable bonds is 4. The predicted octanol–water partition coefficient (Wildman–Crippen LogP) is 2.47. The normalized spacial score (nSPS) is 35.2. The third-order valence-electron chi connectivity index (χ3n) is 3.78. The molecule has 0 radical (unpaired) electrons. The van der Waals surface area contributed by atoms with Crippen molar-refractivity contribution >= 4 is 5.78 Å². The first-order valence-electron chi connectivity index (χ1n) is 6.49. The molecule has 3 heteroatoms. The van der Waals surface area contributed by atoms with Gasteiger partial charge >= 0.3 is 0 Å². The molecular weight excluding hydrogens is 204 g/mol. The molecule has 16 heavy (non-hydrogen) atoms. The van der Waals surface area contributed by atoms with Gasteiger partial charge in [-0.1, -0.05) is 0 Å². The highest BCUT2D eigenvalue weighted by Crippen LogP contribution is 2.28. The molecule has 0 aliphatic carbocycles. The van der Waals surface area contributed by atoms with Crippen molar-refractivity contribution < 1.29 is 14.3 Å². The first-order valence-corrected chi connectivity index (χ1v) is 6.49. The number of Topliss-reactive ketones (excluding diaryl/α,β-unsaturated/α-hetero) is 1. The Bertz CT molecular complexity index is 238. The van der Waals surface area contributed by atoms with Crippen LogP contribution in [0.4, 0.5) is 0 Å². The van der Waals surface area contributed by atoms with Crippen LogP contribution >= 0.6 is 0 Å². The Morgan fingerprint density at radius 1 is 1.31 bits per heavy atom. The zero-order chi connectivity index (χ0) is 11.4. The fraction of sp³-hybridized carbons (Fsp3) is 0.923. The van der Waals surface area contributed by atoms with Crippen molar-refractivity contribution in [2.75, 3.05) is 13.2 Å². The molecule has 2 rings (SSSR count). The SMILES string of the molecule is CC1(C(=O)CCC2CCCO2)CCCCO1. The molecular formula is C13H22O3. The van der Waals surface area contributed by atoms with Gasteiger partial charge in [0.2, 0.25) is 0 Å². The molecule has 2 atom stereocenters. The van der Waals surface area contributed by atoms with E-state index in [1.807, 2.05) is 6.92 Å². The fourth-order valence-electron chi connectivity index (χ4n) is 2.58. The molecule has 0 aromatic rings. The summed E-state index contributed by atoms with van der Waals surface area (Å²) in [5.41, 5.74) is -0.503. The van der Waals surface area contributed by atoms with E-state index in [0.29, 0.717) is 12.5 Å². The van der Waals surface area contributed by atoms with Crippen LogP contribution < -0.4 is 0 Å². The largest absolute Gasteiger partial charge is 0.378 e. The lowest BCUT2D eigenvalue weighted by atomic mass is 9.88. The fourth-order valence-corrected chi connectivity index (χ4v) is 2.58. The van der Waals surface area contributed by atoms with Crippen molar-refractivity contribution in [3.8, 4) is 0 Å². The van der Waals surface area contributed by atoms with Crippen LogP contribution in [-0.2, 0) is 14.3 Å². The van der Waals surface area contributed by atoms with Gasteiger partial charge in [-0.2, -0.15) is 0 Å². The van der Waals surface area contributed by atoms with E-state index in [9.17, 15) is 4.79 Å². The Hall–Kier alpha value is -0.410. The second-order valence-corrected chi connectivity index (χ2v) is 5.13. The zero-order valence-corrected chi connectivity index (χ0v) is 10.2. The third kappa shape index (κ3) is 2.83. The van der Waals surface area contributed by atoms with E-state index in [1.165, 1.54) is 0 Å². The van der Waals surface area contributed by atoms with Crippen LogP contribution in [0.1, 0.15) is 51.9 Å². The van der Waals surface area contributed by atoms with Crippen LogP contribution in [-0.4, -0.2) is 30.7 Å². The maximum absolute atomic E-state index is 12.1. The highest BCUT2D eigenvalue weighted by Gasteiger charge is 2.35. The van der Waals surface area contributed by atoms with E-state index in [1.54, 1.807) is 0 Å². The number of ether oxygens (including phenoxy) is 2. The van der Waals surface area contributed by atoms with Gasteiger partial charge in [-0.25, -0.2) is 0 Å². The number of ketones is 1. The molecule has 0 N–H and O–H groups in total. The van der Waals surface area contributed by atoms with Gasteiger partial charge in [-0.05, 0) is 45.4 Å². The molecule has 2 unspecified atom stereocenters. The van der Waals surface area contributed by atoms with Crippen molar-refractivity contribution in [3.63, 3.8) is 0 Å². The van der Waals surface area contributed by atoms with Crippen LogP contribution in [0, 0.1) is 0 Å². The first kappa shape index (κ1) is 12.1. The van der Waals surface area contributed by atoms with Crippen molar-refractivity contribution in [1.29, 1.82) is 0 Å². The highest BCUT2D eigenvalue weighted by molar-refractivity contribution is 5.87. The summed E-state index contributed by atoms with van der Waals surface area (Å²) in [6, 6.07) is 0. The van der Waals surface area contributed by atoms with E-state index < -0.39 is 5.60 Å². The Balaban J connectivity index is 1.77. The molecule has 0 spiro atoms. The number of carbonyl (C=O) groups excluding carboxylic acids is 1. The summed E-state index contributed by atoms with van der Waals surface area (Å²) in [5.74, 6) is 0.266. The number of hydrogen-bond donors (Lipinski definition) is 0. The number of carbonyl (C=O) groups is 1. The first-order chi connectivity index (χ1) is 7.71. The van der Waals surface area contributed by atoms with Gasteiger partial charge < -0.3 is 9.47 Å². The molecule has 0 aromatic carbocycles. The summed E-state index contributed by atoms with van der Waals surface area (Å²) in [7, 11) is 0. The Morgan fingerprint density at radius 3 is 2.81 bits per heavy atom. The summed E-state index contributed by atoms with van der Waals surface area (Å²) in [6.07, 6.45) is 7.15. The van der Waals surface area contributed by atoms with Gasteiger partial charge in [0.1, 0.15) is 5.60 Å². The van der Waals surface area contributed by atoms with E-state index in [2.05, 4.69) is 0 Å². The maximum atomic E-state index is 12.1. The summed E-state index contributed by atoms with van der Waals surface area (Å²) < 4.78 is 11.2. The Morgan fingerprint density at radius 2 is 2.19 bits per heavy atom. The average molecular weight is 226 g/mol. The Kier molecular flexibility index (Phi) is 3.98. The number of hydrogen-bond acceptors (Lipinski definition) is 3. The molecule has 0 aromatic heterocycles. The van der Waals surface area contributed by atoms with Gasteiger partial charge in [0.25, 0.3) is 0 Å². The second kappa shape index (κ2) is 5.28. The van der Waals surface area contributed by atoms with E-state index in [0.717, 1.165) is 51.7 Å². The molecule has 92 valence electrons. The lowest BCUT2D eigenvalue weighted by Gasteiger charge is -2.32. The van der Waals surface area contributed by atoms with Crippen molar-refractivity contribution in [1.82, 2.24) is 0 Å². The van der Waals surface area contributed by atoms with Gasteiger partial charge in [-0.15, -0.1) is 0 Å². The van der Waals surface area contributed by atoms with Crippen LogP contribution in [0.25, 0.3) is 0 Å². The maximum Gasteiger partial charge on any atom is 0.164 e. The molecule has 0 amide bonds. The molecule has 2 saturated heterocycles. The molecule has 2 fully saturated rings. The molecule has 2 heterocycles. The van der Waals surface area contributed by atoms with Crippen LogP contribution in [0.5, 0.6) is 0 Å². The molecule has 2 aliphatic rings. The average Bonchev–Trinajstić information content (AvgIpc) is 2.79. The minimum Gasteiger partial charge on any atom is -0.378 e. The standard InChI is InChI=1S/C13H22O3/c1-13(8-2-3-10-16-13)12(14)7-6-11-5-4-9-15-11/h11H,2-10H2,1H3. The third-order valence-corrected chi connectivity index (χ3v) is 3.78. The zero-order valence-electron chi connectivity index (χ0n) is 10.2. The van der Waals surface area contributed by atoms with E-state index in [4.69, 9.17) is 9.47 Å². The van der Waals surface area contributed by atoms with E-state index >= 15 is 0 Å². The van der Waals surface area contributed by atoms with Gasteiger partial charge in [-0.3, -0.25) is 4.79 Å². The van der Waals surface area contributed by atoms with Crippen LogP contribution in [0.2, 0.25) is 0 Å². The monoisotopic (exact) mass is 226 g/mol. The lowest BCUT2D eigenvalue weighted by molar-refractivity contribution is -0.148. The van der Waals surface area contributed by atoms with Gasteiger partial charge in [0.05, 0.1) is 6.10 Å². The molecule has 2 aliphatic heterocycles. The molecule has 3 nitrogen and oxygen atoms in total. The Labute approximate surface area is 97.5 Å². The topological polar surface area (TPSA) is 35.5 Å². The summed E-state index contributed by atoms with van der Waals surface area (Å²) in [4.78, 5) is 12.1. The molecule has 0 saturated carbocycles. The van der Waals surface area contributed by atoms with Crippen LogP contribution in [0.15, 0.2) is 0 Å². The summed E-state index contributed by atoms with van der Waals surface area (Å²) in [6.45, 7) is 3.55. The minimum absolute atomic E-state index is 0.266. The highest BCUT2D eigenvalue weighted by atomic mass is 16.5. The van der Waals surface area contributed by atoms with Crippen molar-refractivity contribution in [2.24, 2.45) is 0 Å². The van der Waals surface area contributed by atoms with Crippen molar-refractivity contribution in [2.45, 2.75) is 63.6 Å². The lowest BCUT2D eigenvalue weighted by Crippen LogP contribution is -2.41. The van der Waals surface area contributed by atoms with Crippen molar-refractivity contribution in [3.05, 3.63) is 0 Å². The van der Waals surface area contributed by atoms with Gasteiger partial charge in [0.15, 0.2) is 5.78 Å².